The number of aromatic nitrogens is 1. The van der Waals surface area contributed by atoms with Gasteiger partial charge in [0, 0.05) is 0 Å². The SMILES string of the molecule is Cc1ccc(Nc2c(F)cccc2F)nc1C(=O)O. The molecule has 98 valence electrons. The van der Waals surface area contributed by atoms with Crippen LogP contribution in [0.5, 0.6) is 0 Å². The molecule has 1 aromatic heterocycles. The molecule has 1 heterocycles. The van der Waals surface area contributed by atoms with Crippen molar-refractivity contribution in [2.45, 2.75) is 6.92 Å². The van der Waals surface area contributed by atoms with Gasteiger partial charge in [0.25, 0.3) is 0 Å². The Balaban J connectivity index is 2.39. The molecule has 6 heteroatoms. The number of halogens is 2. The van der Waals surface area contributed by atoms with Crippen molar-refractivity contribution >= 4 is 17.5 Å². The second-order valence-electron chi connectivity index (χ2n) is 3.89. The maximum atomic E-state index is 13.4. The summed E-state index contributed by atoms with van der Waals surface area (Å²) in [5.41, 5.74) is -0.0657. The number of pyridine rings is 1. The van der Waals surface area contributed by atoms with Gasteiger partial charge in [-0.15, -0.1) is 0 Å². The van der Waals surface area contributed by atoms with Crippen molar-refractivity contribution in [3.63, 3.8) is 0 Å². The van der Waals surface area contributed by atoms with Crippen LogP contribution in [0.2, 0.25) is 0 Å². The number of hydrogen-bond donors (Lipinski definition) is 2. The van der Waals surface area contributed by atoms with Crippen molar-refractivity contribution in [2.24, 2.45) is 0 Å². The number of aromatic carboxylic acids is 1. The van der Waals surface area contributed by atoms with E-state index in [1.807, 2.05) is 0 Å². The number of carbonyl (C=O) groups is 1. The molecule has 0 saturated heterocycles. The molecule has 0 aliphatic heterocycles. The molecule has 1 aromatic carbocycles. The van der Waals surface area contributed by atoms with E-state index in [4.69, 9.17) is 5.11 Å². The quantitative estimate of drug-likeness (QED) is 0.894. The Bertz CT molecular complexity index is 624. The molecule has 0 radical (unpaired) electrons. The van der Waals surface area contributed by atoms with Crippen LogP contribution in [0.15, 0.2) is 30.3 Å². The van der Waals surface area contributed by atoms with Crippen molar-refractivity contribution < 1.29 is 18.7 Å². The lowest BCUT2D eigenvalue weighted by Crippen LogP contribution is -2.06. The number of nitrogens with one attached hydrogen (secondary N) is 1. The smallest absolute Gasteiger partial charge is 0.354 e. The lowest BCUT2D eigenvalue weighted by molar-refractivity contribution is 0.0690. The number of hydrogen-bond acceptors (Lipinski definition) is 3. The highest BCUT2D eigenvalue weighted by Gasteiger charge is 2.13. The molecular weight excluding hydrogens is 254 g/mol. The molecular formula is C13H10F2N2O2. The molecule has 0 spiro atoms. The first-order chi connectivity index (χ1) is 8.99. The third-order valence-electron chi connectivity index (χ3n) is 2.52. The summed E-state index contributed by atoms with van der Waals surface area (Å²) < 4.78 is 26.9. The van der Waals surface area contributed by atoms with Gasteiger partial charge in [0.1, 0.15) is 23.1 Å². The van der Waals surface area contributed by atoms with Gasteiger partial charge in [0.15, 0.2) is 5.69 Å². The molecule has 0 saturated carbocycles. The van der Waals surface area contributed by atoms with Crippen LogP contribution in [0.3, 0.4) is 0 Å². The van der Waals surface area contributed by atoms with Gasteiger partial charge in [-0.05, 0) is 30.7 Å². The summed E-state index contributed by atoms with van der Waals surface area (Å²) in [4.78, 5) is 14.7. The molecule has 0 atom stereocenters. The highest BCUT2D eigenvalue weighted by atomic mass is 19.1. The average Bonchev–Trinajstić information content (AvgIpc) is 2.35. The van der Waals surface area contributed by atoms with Gasteiger partial charge < -0.3 is 10.4 Å². The van der Waals surface area contributed by atoms with E-state index in [0.717, 1.165) is 12.1 Å². The van der Waals surface area contributed by atoms with Crippen LogP contribution >= 0.6 is 0 Å². The van der Waals surface area contributed by atoms with E-state index >= 15 is 0 Å². The van der Waals surface area contributed by atoms with Crippen LogP contribution in [0.4, 0.5) is 20.3 Å². The van der Waals surface area contributed by atoms with E-state index in [9.17, 15) is 13.6 Å². The third-order valence-corrected chi connectivity index (χ3v) is 2.52. The Morgan fingerprint density at radius 3 is 2.42 bits per heavy atom. The van der Waals surface area contributed by atoms with E-state index in [1.165, 1.54) is 18.2 Å². The van der Waals surface area contributed by atoms with Gasteiger partial charge in [-0.3, -0.25) is 0 Å². The zero-order valence-corrected chi connectivity index (χ0v) is 9.95. The maximum Gasteiger partial charge on any atom is 0.354 e. The molecule has 2 rings (SSSR count). The van der Waals surface area contributed by atoms with Crippen molar-refractivity contribution in [2.75, 3.05) is 5.32 Å². The number of para-hydroxylation sites is 1. The van der Waals surface area contributed by atoms with Gasteiger partial charge in [0.2, 0.25) is 0 Å². The highest BCUT2D eigenvalue weighted by Crippen LogP contribution is 2.22. The summed E-state index contributed by atoms with van der Waals surface area (Å²) in [6, 6.07) is 6.39. The monoisotopic (exact) mass is 264 g/mol. The average molecular weight is 264 g/mol. The minimum atomic E-state index is -1.20. The molecule has 0 amide bonds. The normalized spacial score (nSPS) is 10.3. The summed E-state index contributed by atoms with van der Waals surface area (Å²) in [6.45, 7) is 1.59. The van der Waals surface area contributed by atoms with E-state index in [-0.39, 0.29) is 17.2 Å². The largest absolute Gasteiger partial charge is 0.477 e. The van der Waals surface area contributed by atoms with Crippen molar-refractivity contribution in [1.82, 2.24) is 4.98 Å². The minimum Gasteiger partial charge on any atom is -0.477 e. The fraction of sp³-hybridized carbons (Fsp3) is 0.0769. The number of rotatable bonds is 3. The third kappa shape index (κ3) is 2.67. The van der Waals surface area contributed by atoms with Crippen molar-refractivity contribution in [1.29, 1.82) is 0 Å². The number of anilines is 2. The predicted octanol–water partition coefficient (Wildman–Crippen LogP) is 3.11. The molecule has 2 N–H and O–H groups in total. The Kier molecular flexibility index (Phi) is 3.41. The molecule has 19 heavy (non-hydrogen) atoms. The Morgan fingerprint density at radius 2 is 1.84 bits per heavy atom. The summed E-state index contributed by atoms with van der Waals surface area (Å²) in [5, 5.41) is 11.4. The number of aryl methyl sites for hydroxylation is 1. The lowest BCUT2D eigenvalue weighted by Gasteiger charge is -2.09. The predicted molar refractivity (Wildman–Crippen MR) is 65.6 cm³/mol. The molecule has 2 aromatic rings. The van der Waals surface area contributed by atoms with Crippen LogP contribution in [-0.2, 0) is 0 Å². The van der Waals surface area contributed by atoms with Crippen LogP contribution in [0.1, 0.15) is 16.1 Å². The van der Waals surface area contributed by atoms with Crippen molar-refractivity contribution in [3.8, 4) is 0 Å². The fourth-order valence-corrected chi connectivity index (χ4v) is 1.56. The standard InChI is InChI=1S/C13H10F2N2O2/c1-7-5-6-10(16-11(7)13(18)19)17-12-8(14)3-2-4-9(12)15/h2-6H,1H3,(H,16,17)(H,18,19). The van der Waals surface area contributed by atoms with Gasteiger partial charge >= 0.3 is 5.97 Å². The second kappa shape index (κ2) is 5.01. The second-order valence-corrected chi connectivity index (χ2v) is 3.89. The number of carboxylic acids is 1. The Morgan fingerprint density at radius 1 is 1.21 bits per heavy atom. The van der Waals surface area contributed by atoms with E-state index in [0.29, 0.717) is 5.56 Å². The lowest BCUT2D eigenvalue weighted by atomic mass is 10.2. The first-order valence-corrected chi connectivity index (χ1v) is 5.41. The zero-order valence-electron chi connectivity index (χ0n) is 9.95. The first-order valence-electron chi connectivity index (χ1n) is 5.41. The van der Waals surface area contributed by atoms with Gasteiger partial charge in [-0.25, -0.2) is 18.6 Å². The van der Waals surface area contributed by atoms with Gasteiger partial charge in [-0.1, -0.05) is 12.1 Å². The number of nitrogens with zero attached hydrogens (tertiary/aromatic N) is 1. The number of carboxylic acid groups (broad SMARTS) is 1. The minimum absolute atomic E-state index is 0.0620. The van der Waals surface area contributed by atoms with E-state index in [2.05, 4.69) is 10.3 Å². The summed E-state index contributed by atoms with van der Waals surface area (Å²) >= 11 is 0. The van der Waals surface area contributed by atoms with Gasteiger partial charge in [0.05, 0.1) is 0 Å². The highest BCUT2D eigenvalue weighted by molar-refractivity contribution is 5.87. The Hall–Kier alpha value is -2.50. The van der Waals surface area contributed by atoms with Crippen LogP contribution < -0.4 is 5.32 Å². The summed E-state index contributed by atoms with van der Waals surface area (Å²) in [5.74, 6) is -2.69. The topological polar surface area (TPSA) is 62.2 Å². The van der Waals surface area contributed by atoms with E-state index < -0.39 is 17.6 Å². The summed E-state index contributed by atoms with van der Waals surface area (Å²) in [7, 11) is 0. The fourth-order valence-electron chi connectivity index (χ4n) is 1.56. The van der Waals surface area contributed by atoms with Gasteiger partial charge in [-0.2, -0.15) is 0 Å². The number of benzene rings is 1. The molecule has 0 aliphatic carbocycles. The van der Waals surface area contributed by atoms with Crippen LogP contribution in [0, 0.1) is 18.6 Å². The molecule has 0 unspecified atom stereocenters. The molecule has 0 aliphatic rings. The van der Waals surface area contributed by atoms with Crippen LogP contribution in [-0.4, -0.2) is 16.1 Å². The van der Waals surface area contributed by atoms with E-state index in [1.54, 1.807) is 6.92 Å². The van der Waals surface area contributed by atoms with Crippen LogP contribution in [0.25, 0.3) is 0 Å². The van der Waals surface area contributed by atoms with Crippen molar-refractivity contribution in [3.05, 3.63) is 53.2 Å². The zero-order chi connectivity index (χ0) is 14.0. The summed E-state index contributed by atoms with van der Waals surface area (Å²) in [6.07, 6.45) is 0. The Labute approximate surface area is 107 Å². The maximum absolute atomic E-state index is 13.4. The molecule has 0 fully saturated rings. The molecule has 0 bridgehead atoms. The first kappa shape index (κ1) is 12.9. The molecule has 4 nitrogen and oxygen atoms in total.